The summed E-state index contributed by atoms with van der Waals surface area (Å²) in [4.78, 5) is 25.6. The van der Waals surface area contributed by atoms with Crippen molar-refractivity contribution < 1.29 is 25.8 Å². The van der Waals surface area contributed by atoms with Gasteiger partial charge < -0.3 is 9.84 Å². The second kappa shape index (κ2) is 10.1. The van der Waals surface area contributed by atoms with Crippen molar-refractivity contribution in [1.29, 1.82) is 0 Å². The van der Waals surface area contributed by atoms with Crippen molar-refractivity contribution in [3.63, 3.8) is 0 Å². The predicted molar refractivity (Wildman–Crippen MR) is 136 cm³/mol. The summed E-state index contributed by atoms with van der Waals surface area (Å²) in [5, 5.41) is 11.6. The lowest BCUT2D eigenvalue weighted by molar-refractivity contribution is 0.0783. The standard InChI is InChI=1S/C26H22ClF3N4O3S/c1-26(2,36)25-33-18(12-38-25)22-21(30)23-13(9-32-22)5-3-4-6-15-8-19(20(27)24(35)34(15)23)37-11-17-16(29)7-14(28)10-31-17/h7-10,12,36H,3-6,11H2,1-2H3/i11D2. The monoisotopic (exact) mass is 564 g/mol. The summed E-state index contributed by atoms with van der Waals surface area (Å²) in [6, 6.07) is 1.76. The molecular weight excluding hydrogens is 541 g/mol. The quantitative estimate of drug-likeness (QED) is 0.344. The third kappa shape index (κ3) is 4.93. The molecule has 198 valence electrons. The van der Waals surface area contributed by atoms with E-state index >= 15 is 4.39 Å². The van der Waals surface area contributed by atoms with Gasteiger partial charge in [0.2, 0.25) is 0 Å². The molecule has 0 radical (unpaired) electrons. The van der Waals surface area contributed by atoms with Crippen LogP contribution in [0, 0.1) is 17.5 Å². The number of fused-ring (bicyclic) bond motifs is 3. The highest BCUT2D eigenvalue weighted by Crippen LogP contribution is 2.34. The van der Waals surface area contributed by atoms with Gasteiger partial charge >= 0.3 is 0 Å². The van der Waals surface area contributed by atoms with Crippen LogP contribution >= 0.6 is 22.9 Å². The molecule has 1 N–H and O–H groups in total. The predicted octanol–water partition coefficient (Wildman–Crippen LogP) is 5.51. The fourth-order valence-electron chi connectivity index (χ4n) is 4.11. The number of aromatic nitrogens is 4. The molecule has 0 amide bonds. The lowest BCUT2D eigenvalue weighted by Gasteiger charge is -2.22. The summed E-state index contributed by atoms with van der Waals surface area (Å²) in [7, 11) is 0. The molecule has 5 heterocycles. The Bertz CT molecular complexity index is 1690. The first-order valence-electron chi connectivity index (χ1n) is 12.6. The van der Waals surface area contributed by atoms with Crippen molar-refractivity contribution in [2.75, 3.05) is 0 Å². The zero-order valence-electron chi connectivity index (χ0n) is 22.2. The average molecular weight is 565 g/mol. The SMILES string of the molecule is [2H]C([2H])(Oc1cc2n(c(=O)c1Cl)-c1c(cnc(-c3csc(C(C)(C)O)n3)c1F)CCCC2)c1ncc(F)cc1F. The normalized spacial score (nSPS) is 14.6. The van der Waals surface area contributed by atoms with Gasteiger partial charge in [-0.15, -0.1) is 11.3 Å². The Labute approximate surface area is 227 Å². The van der Waals surface area contributed by atoms with Crippen LogP contribution in [0.2, 0.25) is 5.02 Å². The third-order valence-corrected chi connectivity index (χ3v) is 7.45. The minimum absolute atomic E-state index is 0.0646. The summed E-state index contributed by atoms with van der Waals surface area (Å²) in [6.07, 6.45) is 4.08. The van der Waals surface area contributed by atoms with E-state index in [4.69, 9.17) is 19.1 Å². The van der Waals surface area contributed by atoms with Gasteiger partial charge in [0, 0.05) is 29.4 Å². The van der Waals surface area contributed by atoms with Gasteiger partial charge in [-0.05, 0) is 45.1 Å². The first-order chi connectivity index (χ1) is 18.8. The molecule has 1 aliphatic heterocycles. The van der Waals surface area contributed by atoms with Crippen molar-refractivity contribution in [3.8, 4) is 22.8 Å². The maximum Gasteiger partial charge on any atom is 0.278 e. The average Bonchev–Trinajstić information content (AvgIpc) is 3.35. The largest absolute Gasteiger partial charge is 0.485 e. The van der Waals surface area contributed by atoms with Crippen LogP contribution in [0.1, 0.15) is 51.4 Å². The minimum Gasteiger partial charge on any atom is -0.485 e. The van der Waals surface area contributed by atoms with E-state index in [1.165, 1.54) is 12.3 Å². The van der Waals surface area contributed by atoms with Gasteiger partial charge in [0.25, 0.3) is 5.56 Å². The summed E-state index contributed by atoms with van der Waals surface area (Å²) < 4.78 is 66.6. The molecule has 0 saturated carbocycles. The fourth-order valence-corrected chi connectivity index (χ4v) is 5.12. The Morgan fingerprint density at radius 1 is 1.21 bits per heavy atom. The number of nitrogens with zero attached hydrogens (tertiary/aromatic N) is 4. The highest BCUT2D eigenvalue weighted by molar-refractivity contribution is 7.10. The molecule has 5 rings (SSSR count). The molecule has 0 spiro atoms. The van der Waals surface area contributed by atoms with Gasteiger partial charge in [-0.1, -0.05) is 11.6 Å². The number of aryl methyl sites for hydroxylation is 2. The molecule has 38 heavy (non-hydrogen) atoms. The third-order valence-electron chi connectivity index (χ3n) is 5.95. The summed E-state index contributed by atoms with van der Waals surface area (Å²) in [5.41, 5.74) is -2.22. The van der Waals surface area contributed by atoms with Crippen LogP contribution in [0.3, 0.4) is 0 Å². The Balaban J connectivity index is 1.64. The minimum atomic E-state index is -2.92. The molecule has 0 bridgehead atoms. The van der Waals surface area contributed by atoms with E-state index in [-0.39, 0.29) is 22.8 Å². The van der Waals surface area contributed by atoms with Crippen molar-refractivity contribution in [2.24, 2.45) is 0 Å². The van der Waals surface area contributed by atoms with Gasteiger partial charge in [0.05, 0.1) is 14.6 Å². The van der Waals surface area contributed by atoms with E-state index in [1.54, 1.807) is 19.2 Å². The van der Waals surface area contributed by atoms with Crippen molar-refractivity contribution in [3.05, 3.63) is 84.7 Å². The van der Waals surface area contributed by atoms with E-state index in [0.717, 1.165) is 15.9 Å². The molecule has 0 unspecified atom stereocenters. The van der Waals surface area contributed by atoms with Crippen LogP contribution in [0.25, 0.3) is 17.1 Å². The van der Waals surface area contributed by atoms with E-state index in [0.29, 0.717) is 48.5 Å². The number of pyridine rings is 3. The van der Waals surface area contributed by atoms with E-state index in [1.807, 2.05) is 0 Å². The van der Waals surface area contributed by atoms with Crippen molar-refractivity contribution in [2.45, 2.75) is 51.7 Å². The van der Waals surface area contributed by atoms with E-state index in [2.05, 4.69) is 15.0 Å². The topological polar surface area (TPSA) is 90.1 Å². The molecule has 1 aliphatic rings. The van der Waals surface area contributed by atoms with Gasteiger partial charge in [0.15, 0.2) is 11.6 Å². The highest BCUT2D eigenvalue weighted by Gasteiger charge is 2.27. The Kier molecular flexibility index (Phi) is 6.34. The Morgan fingerprint density at radius 3 is 2.68 bits per heavy atom. The molecule has 0 saturated heterocycles. The second-order valence-electron chi connectivity index (χ2n) is 9.24. The maximum absolute atomic E-state index is 16.2. The lowest BCUT2D eigenvalue weighted by Crippen LogP contribution is -2.27. The summed E-state index contributed by atoms with van der Waals surface area (Å²) in [5.74, 6) is -3.50. The molecule has 12 heteroatoms. The van der Waals surface area contributed by atoms with Crippen LogP contribution in [-0.4, -0.2) is 24.6 Å². The smallest absolute Gasteiger partial charge is 0.278 e. The molecule has 0 atom stereocenters. The Hall–Kier alpha value is -3.28. The molecule has 0 aromatic carbocycles. The van der Waals surface area contributed by atoms with Gasteiger partial charge in [-0.25, -0.2) is 18.2 Å². The van der Waals surface area contributed by atoms with Gasteiger partial charge in [-0.2, -0.15) is 0 Å². The number of aliphatic hydroxyl groups is 1. The zero-order chi connectivity index (χ0) is 29.0. The van der Waals surface area contributed by atoms with Crippen molar-refractivity contribution in [1.82, 2.24) is 19.5 Å². The molecule has 0 fully saturated rings. The Morgan fingerprint density at radius 2 is 1.97 bits per heavy atom. The molecule has 4 aromatic rings. The number of hydrogen-bond acceptors (Lipinski definition) is 7. The molecule has 0 aliphatic carbocycles. The first kappa shape index (κ1) is 23.8. The summed E-state index contributed by atoms with van der Waals surface area (Å²) >= 11 is 7.48. The van der Waals surface area contributed by atoms with Crippen LogP contribution in [0.4, 0.5) is 13.2 Å². The molecular formula is C26H22ClF3N4O3S. The van der Waals surface area contributed by atoms with Crippen LogP contribution < -0.4 is 10.3 Å². The fraction of sp³-hybridized carbons (Fsp3) is 0.308. The first-order valence-corrected chi connectivity index (χ1v) is 12.8. The van der Waals surface area contributed by atoms with Crippen molar-refractivity contribution >= 4 is 22.9 Å². The van der Waals surface area contributed by atoms with Crippen LogP contribution in [0.15, 0.2) is 34.7 Å². The number of thiazole rings is 1. The second-order valence-corrected chi connectivity index (χ2v) is 10.5. The number of halogens is 4. The molecule has 7 nitrogen and oxygen atoms in total. The van der Waals surface area contributed by atoms with Gasteiger partial charge in [0.1, 0.15) is 50.8 Å². The zero-order valence-corrected chi connectivity index (χ0v) is 21.8. The summed E-state index contributed by atoms with van der Waals surface area (Å²) in [6.45, 7) is 0.193. The number of ether oxygens (including phenoxy) is 1. The lowest BCUT2D eigenvalue weighted by atomic mass is 10.0. The molecule has 4 aromatic heterocycles. The van der Waals surface area contributed by atoms with Gasteiger partial charge in [-0.3, -0.25) is 19.3 Å². The van der Waals surface area contributed by atoms with Crippen LogP contribution in [-0.2, 0) is 25.0 Å². The maximum atomic E-state index is 16.2. The highest BCUT2D eigenvalue weighted by atomic mass is 35.5. The van der Waals surface area contributed by atoms with E-state index in [9.17, 15) is 18.7 Å². The number of rotatable bonds is 5. The van der Waals surface area contributed by atoms with Crippen LogP contribution in [0.5, 0.6) is 5.75 Å². The number of hydrogen-bond donors (Lipinski definition) is 1. The van der Waals surface area contributed by atoms with E-state index < -0.39 is 51.6 Å².